The van der Waals surface area contributed by atoms with E-state index < -0.39 is 46.3 Å². The van der Waals surface area contributed by atoms with E-state index in [0.717, 1.165) is 0 Å². The van der Waals surface area contributed by atoms with E-state index in [-0.39, 0.29) is 31.6 Å². The van der Waals surface area contributed by atoms with Gasteiger partial charge in [-0.25, -0.2) is 4.79 Å². The van der Waals surface area contributed by atoms with Gasteiger partial charge in [-0.1, -0.05) is 6.92 Å². The molecule has 4 bridgehead atoms. The normalized spacial score (nSPS) is 35.9. The lowest BCUT2D eigenvalue weighted by Crippen LogP contribution is -2.69. The number of ether oxygens (including phenoxy) is 3. The van der Waals surface area contributed by atoms with Crippen molar-refractivity contribution in [3.8, 4) is 0 Å². The van der Waals surface area contributed by atoms with E-state index in [0.29, 0.717) is 19.3 Å². The van der Waals surface area contributed by atoms with Crippen molar-refractivity contribution < 1.29 is 41.8 Å². The zero-order valence-electron chi connectivity index (χ0n) is 17.1. The molecule has 29 heavy (non-hydrogen) atoms. The van der Waals surface area contributed by atoms with Gasteiger partial charge in [0.25, 0.3) is 0 Å². The zero-order chi connectivity index (χ0) is 21.9. The smallest absolute Gasteiger partial charge is 0.459 e. The molecule has 0 N–H and O–H groups in total. The fraction of sp³-hybridized carbons (Fsp3) is 0.850. The zero-order valence-corrected chi connectivity index (χ0v) is 17.1. The van der Waals surface area contributed by atoms with Crippen LogP contribution in [0.25, 0.3) is 0 Å². The fourth-order valence-electron chi connectivity index (χ4n) is 5.56. The maximum atomic E-state index is 12.9. The molecule has 164 valence electrons. The monoisotopic (exact) mass is 420 g/mol. The van der Waals surface area contributed by atoms with Gasteiger partial charge in [-0.15, -0.1) is 0 Å². The highest BCUT2D eigenvalue weighted by atomic mass is 19.4. The Morgan fingerprint density at radius 1 is 0.862 bits per heavy atom. The number of alkyl halides is 3. The second-order valence-electron chi connectivity index (χ2n) is 9.67. The van der Waals surface area contributed by atoms with Crippen molar-refractivity contribution in [1.82, 2.24) is 0 Å². The van der Waals surface area contributed by atoms with Gasteiger partial charge in [0.2, 0.25) is 0 Å². The standard InChI is InChI=1S/C20H27F3O6/c1-5-16(3,4)14(25)28-18-7-13-6-17(9-18,27-12(2)24)10-19(8-13,11-18)29-15(26)20(21,22)23/h13H,5-11H2,1-4H3. The van der Waals surface area contributed by atoms with Crippen LogP contribution in [0.4, 0.5) is 13.2 Å². The lowest BCUT2D eigenvalue weighted by atomic mass is 9.50. The second kappa shape index (κ2) is 6.60. The predicted molar refractivity (Wildman–Crippen MR) is 93.5 cm³/mol. The SMILES string of the molecule is CCC(C)(C)C(=O)OC12CC3CC(OC(C)=O)(CC(OC(=O)C(F)(F)F)(C3)C1)C2. The topological polar surface area (TPSA) is 78.9 Å². The third kappa shape index (κ3) is 4.10. The summed E-state index contributed by atoms with van der Waals surface area (Å²) in [7, 11) is 0. The van der Waals surface area contributed by atoms with Crippen LogP contribution in [0.2, 0.25) is 0 Å². The maximum absolute atomic E-state index is 12.9. The van der Waals surface area contributed by atoms with Gasteiger partial charge in [0.1, 0.15) is 16.8 Å². The van der Waals surface area contributed by atoms with Gasteiger partial charge in [0, 0.05) is 26.2 Å². The Morgan fingerprint density at radius 2 is 1.28 bits per heavy atom. The van der Waals surface area contributed by atoms with Gasteiger partial charge >= 0.3 is 24.1 Å². The van der Waals surface area contributed by atoms with Crippen LogP contribution in [0.1, 0.15) is 72.6 Å². The molecule has 0 heterocycles. The molecule has 0 saturated heterocycles. The highest BCUT2D eigenvalue weighted by Gasteiger charge is 2.69. The number of hydrogen-bond acceptors (Lipinski definition) is 6. The highest BCUT2D eigenvalue weighted by molar-refractivity contribution is 5.77. The van der Waals surface area contributed by atoms with Crippen LogP contribution in [0, 0.1) is 11.3 Å². The van der Waals surface area contributed by atoms with E-state index in [1.165, 1.54) is 6.92 Å². The first-order valence-corrected chi connectivity index (χ1v) is 9.87. The van der Waals surface area contributed by atoms with Gasteiger partial charge in [-0.3, -0.25) is 9.59 Å². The number of carbonyl (C=O) groups is 3. The summed E-state index contributed by atoms with van der Waals surface area (Å²) < 4.78 is 55.2. The summed E-state index contributed by atoms with van der Waals surface area (Å²) in [5, 5.41) is 0. The Kier molecular flexibility index (Phi) is 4.99. The molecule has 4 aliphatic rings. The second-order valence-corrected chi connectivity index (χ2v) is 9.67. The first-order valence-electron chi connectivity index (χ1n) is 9.87. The van der Waals surface area contributed by atoms with Crippen LogP contribution >= 0.6 is 0 Å². The number of esters is 3. The van der Waals surface area contributed by atoms with Gasteiger partial charge in [0.05, 0.1) is 5.41 Å². The summed E-state index contributed by atoms with van der Waals surface area (Å²) in [6.07, 6.45) is -3.32. The minimum Gasteiger partial charge on any atom is -0.459 e. The lowest BCUT2D eigenvalue weighted by Gasteiger charge is -2.63. The minimum atomic E-state index is -5.13. The van der Waals surface area contributed by atoms with E-state index in [9.17, 15) is 27.6 Å². The predicted octanol–water partition coefficient (Wildman–Crippen LogP) is 3.85. The molecule has 9 heteroatoms. The fourth-order valence-corrected chi connectivity index (χ4v) is 5.56. The molecule has 0 amide bonds. The molecule has 0 aliphatic heterocycles. The van der Waals surface area contributed by atoms with E-state index in [4.69, 9.17) is 14.2 Å². The van der Waals surface area contributed by atoms with E-state index in [1.807, 2.05) is 6.92 Å². The van der Waals surface area contributed by atoms with Crippen LogP contribution in [0.5, 0.6) is 0 Å². The molecule has 0 radical (unpaired) electrons. The molecule has 4 saturated carbocycles. The molecular weight excluding hydrogens is 393 g/mol. The lowest BCUT2D eigenvalue weighted by molar-refractivity contribution is -0.284. The maximum Gasteiger partial charge on any atom is 0.490 e. The molecule has 4 atom stereocenters. The molecule has 0 aromatic heterocycles. The Hall–Kier alpha value is -1.80. The van der Waals surface area contributed by atoms with Crippen LogP contribution in [-0.4, -0.2) is 40.9 Å². The number of halogens is 3. The Morgan fingerprint density at radius 3 is 1.66 bits per heavy atom. The van der Waals surface area contributed by atoms with Crippen molar-refractivity contribution >= 4 is 17.9 Å². The largest absolute Gasteiger partial charge is 0.490 e. The van der Waals surface area contributed by atoms with Crippen molar-refractivity contribution in [2.45, 2.75) is 95.6 Å². The van der Waals surface area contributed by atoms with Crippen molar-refractivity contribution in [3.63, 3.8) is 0 Å². The highest BCUT2D eigenvalue weighted by Crippen LogP contribution is 2.63. The van der Waals surface area contributed by atoms with Crippen molar-refractivity contribution in [1.29, 1.82) is 0 Å². The summed E-state index contributed by atoms with van der Waals surface area (Å²) in [4.78, 5) is 36.1. The van der Waals surface area contributed by atoms with Crippen LogP contribution in [0.15, 0.2) is 0 Å². The summed E-state index contributed by atoms with van der Waals surface area (Å²) in [6, 6.07) is 0. The van der Waals surface area contributed by atoms with Gasteiger partial charge in [-0.2, -0.15) is 13.2 Å². The van der Waals surface area contributed by atoms with E-state index >= 15 is 0 Å². The Balaban J connectivity index is 1.95. The van der Waals surface area contributed by atoms with Gasteiger partial charge < -0.3 is 14.2 Å². The van der Waals surface area contributed by atoms with Crippen molar-refractivity contribution in [2.24, 2.45) is 11.3 Å². The molecular formula is C20H27F3O6. The summed E-state index contributed by atoms with van der Waals surface area (Å²) >= 11 is 0. The Labute approximate surface area is 167 Å². The molecule has 0 aromatic rings. The van der Waals surface area contributed by atoms with Gasteiger partial charge in [0.15, 0.2) is 0 Å². The van der Waals surface area contributed by atoms with E-state index in [2.05, 4.69) is 0 Å². The number of hydrogen-bond donors (Lipinski definition) is 0. The third-order valence-corrected chi connectivity index (χ3v) is 6.56. The van der Waals surface area contributed by atoms with Crippen molar-refractivity contribution in [3.05, 3.63) is 0 Å². The molecule has 4 fully saturated rings. The van der Waals surface area contributed by atoms with Gasteiger partial charge in [-0.05, 0) is 45.4 Å². The molecule has 6 nitrogen and oxygen atoms in total. The quantitative estimate of drug-likeness (QED) is 0.497. The molecule has 4 aliphatic carbocycles. The first kappa shape index (κ1) is 21.9. The molecule has 4 rings (SSSR count). The van der Waals surface area contributed by atoms with E-state index in [1.54, 1.807) is 13.8 Å². The van der Waals surface area contributed by atoms with Crippen LogP contribution < -0.4 is 0 Å². The number of rotatable bonds is 5. The van der Waals surface area contributed by atoms with Crippen LogP contribution in [-0.2, 0) is 28.6 Å². The molecule has 0 spiro atoms. The average Bonchev–Trinajstić information content (AvgIpc) is 2.50. The Bertz CT molecular complexity index is 732. The molecule has 0 aromatic carbocycles. The number of carbonyl (C=O) groups excluding carboxylic acids is 3. The minimum absolute atomic E-state index is 0.0195. The third-order valence-electron chi connectivity index (χ3n) is 6.56. The van der Waals surface area contributed by atoms with Crippen LogP contribution in [0.3, 0.4) is 0 Å². The summed E-state index contributed by atoms with van der Waals surface area (Å²) in [6.45, 7) is 6.54. The molecule has 4 unspecified atom stereocenters. The first-order chi connectivity index (χ1) is 13.1. The van der Waals surface area contributed by atoms with Crippen molar-refractivity contribution in [2.75, 3.05) is 0 Å². The summed E-state index contributed by atoms with van der Waals surface area (Å²) in [5.74, 6) is -3.48. The average molecular weight is 420 g/mol. The summed E-state index contributed by atoms with van der Waals surface area (Å²) in [5.41, 5.74) is -4.47.